The number of aryl methyl sites for hydroxylation is 1. The monoisotopic (exact) mass is 335 g/mol. The van der Waals surface area contributed by atoms with Crippen LogP contribution in [-0.2, 0) is 12.0 Å². The first-order valence-corrected chi connectivity index (χ1v) is 8.67. The van der Waals surface area contributed by atoms with Gasteiger partial charge in [0.15, 0.2) is 0 Å². The molecule has 3 aromatic rings. The summed E-state index contributed by atoms with van der Waals surface area (Å²) in [6, 6.07) is 15.9. The second kappa shape index (κ2) is 6.71. The van der Waals surface area contributed by atoms with E-state index in [0.29, 0.717) is 18.7 Å². The van der Waals surface area contributed by atoms with E-state index in [1.54, 1.807) is 0 Å². The third-order valence-corrected chi connectivity index (χ3v) is 4.48. The van der Waals surface area contributed by atoms with Crippen molar-refractivity contribution in [3.8, 4) is 0 Å². The van der Waals surface area contributed by atoms with Crippen LogP contribution in [0.1, 0.15) is 42.5 Å². The molecule has 1 amide bonds. The molecule has 1 N–H and O–H groups in total. The molecule has 4 nitrogen and oxygen atoms in total. The summed E-state index contributed by atoms with van der Waals surface area (Å²) >= 11 is 0. The summed E-state index contributed by atoms with van der Waals surface area (Å²) in [6.07, 6.45) is 0. The maximum atomic E-state index is 12.3. The maximum absolute atomic E-state index is 12.3. The Morgan fingerprint density at radius 3 is 2.44 bits per heavy atom. The average molecular weight is 335 g/mol. The van der Waals surface area contributed by atoms with Gasteiger partial charge in [0.05, 0.1) is 11.0 Å². The molecule has 3 rings (SSSR count). The number of nitrogens with one attached hydrogen (secondary N) is 1. The van der Waals surface area contributed by atoms with Crippen molar-refractivity contribution in [3.63, 3.8) is 0 Å². The number of nitrogens with zero attached hydrogens (tertiary/aromatic N) is 2. The van der Waals surface area contributed by atoms with Crippen molar-refractivity contribution in [1.29, 1.82) is 0 Å². The molecule has 0 fully saturated rings. The lowest BCUT2D eigenvalue weighted by atomic mass is 9.87. The molecule has 25 heavy (non-hydrogen) atoms. The number of carbonyl (C=O) groups is 1. The first-order chi connectivity index (χ1) is 11.9. The lowest BCUT2D eigenvalue weighted by Gasteiger charge is -2.19. The fourth-order valence-electron chi connectivity index (χ4n) is 2.98. The van der Waals surface area contributed by atoms with Crippen molar-refractivity contribution in [2.75, 3.05) is 6.54 Å². The average Bonchev–Trinajstić information content (AvgIpc) is 2.90. The van der Waals surface area contributed by atoms with Gasteiger partial charge < -0.3 is 9.88 Å². The normalized spacial score (nSPS) is 11.7. The smallest absolute Gasteiger partial charge is 0.251 e. The van der Waals surface area contributed by atoms with Crippen LogP contribution in [0.25, 0.3) is 11.0 Å². The van der Waals surface area contributed by atoms with Gasteiger partial charge in [0.1, 0.15) is 5.82 Å². The van der Waals surface area contributed by atoms with Gasteiger partial charge in [0.2, 0.25) is 0 Å². The zero-order chi connectivity index (χ0) is 18.0. The van der Waals surface area contributed by atoms with Crippen molar-refractivity contribution >= 4 is 16.9 Å². The molecule has 0 radical (unpaired) electrons. The van der Waals surface area contributed by atoms with E-state index in [1.807, 2.05) is 49.4 Å². The highest BCUT2D eigenvalue weighted by molar-refractivity contribution is 5.94. The number of hydrogen-bond donors (Lipinski definition) is 1. The Morgan fingerprint density at radius 2 is 1.76 bits per heavy atom. The van der Waals surface area contributed by atoms with Gasteiger partial charge in [-0.2, -0.15) is 0 Å². The molecular weight excluding hydrogens is 310 g/mol. The van der Waals surface area contributed by atoms with Crippen LogP contribution in [-0.4, -0.2) is 22.0 Å². The van der Waals surface area contributed by atoms with E-state index in [2.05, 4.69) is 41.7 Å². The van der Waals surface area contributed by atoms with Crippen molar-refractivity contribution in [3.05, 3.63) is 65.5 Å². The van der Waals surface area contributed by atoms with Crippen LogP contribution in [0.4, 0.5) is 0 Å². The Morgan fingerprint density at radius 1 is 1.08 bits per heavy atom. The van der Waals surface area contributed by atoms with Crippen LogP contribution in [0, 0.1) is 6.92 Å². The highest BCUT2D eigenvalue weighted by Gasteiger charge is 2.14. The zero-order valence-electron chi connectivity index (χ0n) is 15.3. The molecule has 0 saturated carbocycles. The van der Waals surface area contributed by atoms with E-state index in [1.165, 1.54) is 5.56 Å². The standard InChI is InChI=1S/C21H25N3O/c1-15-23-18-7-5-6-8-19(18)24(15)14-13-22-20(25)16-9-11-17(12-10-16)21(2,3)4/h5-12H,13-14H2,1-4H3,(H,22,25). The molecular formula is C21H25N3O. The Bertz CT molecular complexity index is 886. The zero-order valence-corrected chi connectivity index (χ0v) is 15.3. The fraction of sp³-hybridized carbons (Fsp3) is 0.333. The van der Waals surface area contributed by atoms with Gasteiger partial charge in [-0.05, 0) is 42.2 Å². The number of hydrogen-bond acceptors (Lipinski definition) is 2. The summed E-state index contributed by atoms with van der Waals surface area (Å²) in [5, 5.41) is 3.00. The number of benzene rings is 2. The van der Waals surface area contributed by atoms with E-state index >= 15 is 0 Å². The van der Waals surface area contributed by atoms with Crippen molar-refractivity contribution in [1.82, 2.24) is 14.9 Å². The summed E-state index contributed by atoms with van der Waals surface area (Å²) in [7, 11) is 0. The lowest BCUT2D eigenvalue weighted by Crippen LogP contribution is -2.27. The predicted molar refractivity (Wildman–Crippen MR) is 102 cm³/mol. The highest BCUT2D eigenvalue weighted by atomic mass is 16.1. The van der Waals surface area contributed by atoms with E-state index in [0.717, 1.165) is 16.9 Å². The van der Waals surface area contributed by atoms with Gasteiger partial charge in [0.25, 0.3) is 5.91 Å². The third-order valence-electron chi connectivity index (χ3n) is 4.48. The fourth-order valence-corrected chi connectivity index (χ4v) is 2.98. The molecule has 0 bridgehead atoms. The van der Waals surface area contributed by atoms with Crippen LogP contribution in [0.15, 0.2) is 48.5 Å². The summed E-state index contributed by atoms with van der Waals surface area (Å²) in [5.74, 6) is 0.924. The molecule has 1 heterocycles. The van der Waals surface area contributed by atoms with Gasteiger partial charge in [-0.15, -0.1) is 0 Å². The molecule has 0 unspecified atom stereocenters. The Labute approximate surface area is 148 Å². The van der Waals surface area contributed by atoms with E-state index in [9.17, 15) is 4.79 Å². The molecule has 0 atom stereocenters. The second-order valence-electron chi connectivity index (χ2n) is 7.38. The summed E-state index contributed by atoms with van der Waals surface area (Å²) in [6.45, 7) is 9.77. The molecule has 0 saturated heterocycles. The molecule has 0 aliphatic heterocycles. The summed E-state index contributed by atoms with van der Waals surface area (Å²) in [5.41, 5.74) is 4.10. The van der Waals surface area contributed by atoms with Gasteiger partial charge in [-0.3, -0.25) is 4.79 Å². The number of rotatable bonds is 4. The number of carbonyl (C=O) groups excluding carboxylic acids is 1. The largest absolute Gasteiger partial charge is 0.350 e. The van der Waals surface area contributed by atoms with E-state index in [-0.39, 0.29) is 11.3 Å². The summed E-state index contributed by atoms with van der Waals surface area (Å²) in [4.78, 5) is 16.9. The number of fused-ring (bicyclic) bond motifs is 1. The molecule has 0 spiro atoms. The number of imidazole rings is 1. The minimum absolute atomic E-state index is 0.0393. The Kier molecular flexibility index (Phi) is 4.62. The Balaban J connectivity index is 1.63. The predicted octanol–water partition coefficient (Wildman–Crippen LogP) is 4.07. The molecule has 0 aliphatic rings. The number of para-hydroxylation sites is 2. The van der Waals surface area contributed by atoms with Crippen LogP contribution in [0.3, 0.4) is 0 Å². The second-order valence-corrected chi connectivity index (χ2v) is 7.38. The number of amides is 1. The van der Waals surface area contributed by atoms with Crippen molar-refractivity contribution in [2.45, 2.75) is 39.7 Å². The van der Waals surface area contributed by atoms with Gasteiger partial charge in [-0.1, -0.05) is 45.0 Å². The maximum Gasteiger partial charge on any atom is 0.251 e. The molecule has 130 valence electrons. The Hall–Kier alpha value is -2.62. The minimum atomic E-state index is -0.0393. The van der Waals surface area contributed by atoms with Crippen LogP contribution < -0.4 is 5.32 Å². The van der Waals surface area contributed by atoms with E-state index < -0.39 is 0 Å². The van der Waals surface area contributed by atoms with E-state index in [4.69, 9.17) is 0 Å². The van der Waals surface area contributed by atoms with Crippen LogP contribution in [0.5, 0.6) is 0 Å². The highest BCUT2D eigenvalue weighted by Crippen LogP contribution is 2.22. The molecule has 2 aromatic carbocycles. The SMILES string of the molecule is Cc1nc2ccccc2n1CCNC(=O)c1ccc(C(C)(C)C)cc1. The van der Waals surface area contributed by atoms with Gasteiger partial charge in [0, 0.05) is 18.7 Å². The van der Waals surface area contributed by atoms with Gasteiger partial charge in [-0.25, -0.2) is 4.98 Å². The topological polar surface area (TPSA) is 46.9 Å². The van der Waals surface area contributed by atoms with Crippen LogP contribution >= 0.6 is 0 Å². The quantitative estimate of drug-likeness (QED) is 0.781. The first kappa shape index (κ1) is 17.2. The minimum Gasteiger partial charge on any atom is -0.350 e. The van der Waals surface area contributed by atoms with Crippen molar-refractivity contribution < 1.29 is 4.79 Å². The lowest BCUT2D eigenvalue weighted by molar-refractivity contribution is 0.0952. The summed E-state index contributed by atoms with van der Waals surface area (Å²) < 4.78 is 2.14. The molecule has 4 heteroatoms. The van der Waals surface area contributed by atoms with Gasteiger partial charge >= 0.3 is 0 Å². The third kappa shape index (κ3) is 3.73. The number of aromatic nitrogens is 2. The molecule has 1 aromatic heterocycles. The first-order valence-electron chi connectivity index (χ1n) is 8.67. The van der Waals surface area contributed by atoms with Crippen LogP contribution in [0.2, 0.25) is 0 Å². The van der Waals surface area contributed by atoms with Crippen molar-refractivity contribution in [2.24, 2.45) is 0 Å². The molecule has 0 aliphatic carbocycles.